The zero-order chi connectivity index (χ0) is 12.1. The lowest BCUT2D eigenvalue weighted by Gasteiger charge is -2.07. The van der Waals surface area contributed by atoms with Crippen molar-refractivity contribution in [2.45, 2.75) is 20.8 Å². The maximum Gasteiger partial charge on any atom is 0.162 e. The van der Waals surface area contributed by atoms with Gasteiger partial charge in [-0.25, -0.2) is 0 Å². The number of nitrogens with one attached hydrogen (secondary N) is 1. The Labute approximate surface area is 96.4 Å². The fourth-order valence-electron chi connectivity index (χ4n) is 1.59. The van der Waals surface area contributed by atoms with Gasteiger partial charge in [0.1, 0.15) is 0 Å². The Kier molecular flexibility index (Phi) is 4.23. The van der Waals surface area contributed by atoms with Gasteiger partial charge < -0.3 is 14.5 Å². The lowest BCUT2D eigenvalue weighted by Crippen LogP contribution is -1.90. The van der Waals surface area contributed by atoms with E-state index in [2.05, 4.69) is 11.9 Å². The highest BCUT2D eigenvalue weighted by Crippen LogP contribution is 2.32. The van der Waals surface area contributed by atoms with Crippen LogP contribution in [0.2, 0.25) is 0 Å². The molecule has 0 fully saturated rings. The van der Waals surface area contributed by atoms with Gasteiger partial charge in [-0.05, 0) is 18.6 Å². The zero-order valence-electron chi connectivity index (χ0n) is 10.5. The normalized spacial score (nSPS) is 9.56. The molecule has 0 saturated carbocycles. The molecule has 0 bridgehead atoms. The molecule has 1 N–H and O–H groups in total. The van der Waals surface area contributed by atoms with Gasteiger partial charge in [0.15, 0.2) is 11.5 Å². The molecular weight excluding hydrogens is 202 g/mol. The summed E-state index contributed by atoms with van der Waals surface area (Å²) >= 11 is 0. The number of hydrogen-bond donors (Lipinski definition) is 1. The average molecular weight is 221 g/mol. The lowest BCUT2D eigenvalue weighted by atomic mass is 10.2. The molecule has 2 aromatic rings. The van der Waals surface area contributed by atoms with Crippen molar-refractivity contribution >= 4 is 10.9 Å². The minimum atomic E-state index is 0.752. The van der Waals surface area contributed by atoms with Crippen LogP contribution in [0.5, 0.6) is 11.5 Å². The second kappa shape index (κ2) is 5.45. The van der Waals surface area contributed by atoms with Gasteiger partial charge in [0.2, 0.25) is 0 Å². The Balaban J connectivity index is 0.000000606. The first-order valence-corrected chi connectivity index (χ1v) is 5.46. The fourth-order valence-corrected chi connectivity index (χ4v) is 1.59. The van der Waals surface area contributed by atoms with E-state index < -0.39 is 0 Å². The number of hydrogen-bond acceptors (Lipinski definition) is 2. The molecule has 0 atom stereocenters. The van der Waals surface area contributed by atoms with Crippen molar-refractivity contribution in [2.24, 2.45) is 0 Å². The van der Waals surface area contributed by atoms with Gasteiger partial charge in [0.05, 0.1) is 14.2 Å². The summed E-state index contributed by atoms with van der Waals surface area (Å²) in [6.45, 7) is 6.06. The van der Waals surface area contributed by atoms with Crippen LogP contribution < -0.4 is 9.47 Å². The van der Waals surface area contributed by atoms with Crippen molar-refractivity contribution in [1.29, 1.82) is 0 Å². The maximum absolute atomic E-state index is 5.23. The molecule has 2 rings (SSSR count). The van der Waals surface area contributed by atoms with Gasteiger partial charge >= 0.3 is 0 Å². The smallest absolute Gasteiger partial charge is 0.162 e. The number of H-pyrrole nitrogens is 1. The Morgan fingerprint density at radius 3 is 2.12 bits per heavy atom. The first-order valence-electron chi connectivity index (χ1n) is 5.46. The molecule has 3 heteroatoms. The number of benzene rings is 1. The van der Waals surface area contributed by atoms with E-state index in [1.807, 2.05) is 32.2 Å². The van der Waals surface area contributed by atoms with Crippen molar-refractivity contribution in [3.8, 4) is 11.5 Å². The van der Waals surface area contributed by atoms with Crippen molar-refractivity contribution in [2.75, 3.05) is 14.2 Å². The molecule has 1 heterocycles. The van der Waals surface area contributed by atoms with Gasteiger partial charge in [0.25, 0.3) is 0 Å². The molecule has 0 spiro atoms. The number of aryl methyl sites for hydroxylation is 1. The number of rotatable bonds is 2. The summed E-state index contributed by atoms with van der Waals surface area (Å²) in [7, 11) is 3.28. The van der Waals surface area contributed by atoms with Crippen LogP contribution in [0, 0.1) is 6.92 Å². The number of aromatic amines is 1. The van der Waals surface area contributed by atoms with Gasteiger partial charge in [-0.15, -0.1) is 0 Å². The number of ether oxygens (including phenoxy) is 2. The first-order chi connectivity index (χ1) is 7.76. The van der Waals surface area contributed by atoms with E-state index in [-0.39, 0.29) is 0 Å². The molecule has 0 unspecified atom stereocenters. The Morgan fingerprint density at radius 2 is 1.56 bits per heavy atom. The summed E-state index contributed by atoms with van der Waals surface area (Å²) in [6.07, 6.45) is 1.98. The molecule has 3 nitrogen and oxygen atoms in total. The molecule has 16 heavy (non-hydrogen) atoms. The predicted molar refractivity (Wildman–Crippen MR) is 67.5 cm³/mol. The maximum atomic E-state index is 5.23. The van der Waals surface area contributed by atoms with E-state index in [1.165, 1.54) is 10.9 Å². The highest BCUT2D eigenvalue weighted by atomic mass is 16.5. The molecule has 0 radical (unpaired) electrons. The molecule has 0 aliphatic heterocycles. The molecule has 1 aromatic carbocycles. The van der Waals surface area contributed by atoms with Crippen molar-refractivity contribution in [3.05, 3.63) is 23.9 Å². The number of methoxy groups -OCH3 is 2. The monoisotopic (exact) mass is 221 g/mol. The number of aromatic nitrogens is 1. The van der Waals surface area contributed by atoms with Crippen LogP contribution in [0.1, 0.15) is 19.4 Å². The molecular formula is C13H19NO2. The summed E-state index contributed by atoms with van der Waals surface area (Å²) in [5.41, 5.74) is 2.28. The highest BCUT2D eigenvalue weighted by Gasteiger charge is 2.07. The third kappa shape index (κ3) is 2.13. The SMILES string of the molecule is CC.COc1cc2[nH]cc(C)c2cc1OC. The minimum Gasteiger partial charge on any atom is -0.493 e. The summed E-state index contributed by atoms with van der Waals surface area (Å²) in [5, 5.41) is 1.17. The summed E-state index contributed by atoms with van der Waals surface area (Å²) in [4.78, 5) is 3.18. The van der Waals surface area contributed by atoms with Crippen LogP contribution in [0.15, 0.2) is 18.3 Å². The van der Waals surface area contributed by atoms with Gasteiger partial charge in [-0.1, -0.05) is 13.8 Å². The fraction of sp³-hybridized carbons (Fsp3) is 0.385. The molecule has 0 saturated heterocycles. The highest BCUT2D eigenvalue weighted by molar-refractivity contribution is 5.86. The Morgan fingerprint density at radius 1 is 1.00 bits per heavy atom. The molecule has 0 aliphatic carbocycles. The van der Waals surface area contributed by atoms with E-state index in [0.29, 0.717) is 0 Å². The van der Waals surface area contributed by atoms with E-state index in [1.54, 1.807) is 14.2 Å². The van der Waals surface area contributed by atoms with Crippen LogP contribution in [-0.2, 0) is 0 Å². The van der Waals surface area contributed by atoms with E-state index >= 15 is 0 Å². The van der Waals surface area contributed by atoms with E-state index in [0.717, 1.165) is 17.0 Å². The standard InChI is InChI=1S/C11H13NO2.C2H6/c1-7-6-12-9-5-11(14-3)10(13-2)4-8(7)9;1-2/h4-6,12H,1-3H3;1-2H3. The van der Waals surface area contributed by atoms with E-state index in [4.69, 9.17) is 9.47 Å². The van der Waals surface area contributed by atoms with Gasteiger partial charge in [-0.3, -0.25) is 0 Å². The van der Waals surface area contributed by atoms with Crippen LogP contribution in [0.3, 0.4) is 0 Å². The largest absolute Gasteiger partial charge is 0.493 e. The van der Waals surface area contributed by atoms with Gasteiger partial charge in [0, 0.05) is 23.2 Å². The van der Waals surface area contributed by atoms with Crippen molar-refractivity contribution in [3.63, 3.8) is 0 Å². The molecule has 88 valence electrons. The summed E-state index contributed by atoms with van der Waals surface area (Å²) in [5.74, 6) is 1.52. The molecule has 1 aromatic heterocycles. The van der Waals surface area contributed by atoms with Crippen LogP contribution in [-0.4, -0.2) is 19.2 Å². The second-order valence-corrected chi connectivity index (χ2v) is 3.22. The zero-order valence-corrected chi connectivity index (χ0v) is 10.5. The third-order valence-electron chi connectivity index (χ3n) is 2.39. The van der Waals surface area contributed by atoms with Crippen molar-refractivity contribution < 1.29 is 9.47 Å². The quantitative estimate of drug-likeness (QED) is 0.842. The topological polar surface area (TPSA) is 34.2 Å². The second-order valence-electron chi connectivity index (χ2n) is 3.22. The van der Waals surface area contributed by atoms with Crippen LogP contribution in [0.25, 0.3) is 10.9 Å². The van der Waals surface area contributed by atoms with Crippen LogP contribution >= 0.6 is 0 Å². The minimum absolute atomic E-state index is 0.752. The molecule has 0 amide bonds. The number of fused-ring (bicyclic) bond motifs is 1. The van der Waals surface area contributed by atoms with Crippen molar-refractivity contribution in [1.82, 2.24) is 4.98 Å². The van der Waals surface area contributed by atoms with Gasteiger partial charge in [-0.2, -0.15) is 0 Å². The average Bonchev–Trinajstić information content (AvgIpc) is 2.71. The summed E-state index contributed by atoms with van der Waals surface area (Å²) in [6, 6.07) is 3.93. The summed E-state index contributed by atoms with van der Waals surface area (Å²) < 4.78 is 10.4. The first kappa shape index (κ1) is 12.4. The Bertz CT molecular complexity index is 460. The van der Waals surface area contributed by atoms with E-state index in [9.17, 15) is 0 Å². The third-order valence-corrected chi connectivity index (χ3v) is 2.39. The predicted octanol–water partition coefficient (Wildman–Crippen LogP) is 3.52. The van der Waals surface area contributed by atoms with Crippen LogP contribution in [0.4, 0.5) is 0 Å². The Hall–Kier alpha value is -1.64. The molecule has 0 aliphatic rings. The lowest BCUT2D eigenvalue weighted by molar-refractivity contribution is 0.356.